The van der Waals surface area contributed by atoms with E-state index in [9.17, 15) is 9.90 Å². The van der Waals surface area contributed by atoms with Gasteiger partial charge in [0, 0.05) is 13.1 Å². The van der Waals surface area contributed by atoms with Crippen LogP contribution in [0.4, 0.5) is 0 Å². The average Bonchev–Trinajstić information content (AvgIpc) is 2.28. The predicted octanol–water partition coefficient (Wildman–Crippen LogP) is 2.57. The number of likely N-dealkylation sites (tertiary alicyclic amines) is 1. The maximum absolute atomic E-state index is 11.5. The van der Waals surface area contributed by atoms with Gasteiger partial charge in [-0.15, -0.1) is 0 Å². The van der Waals surface area contributed by atoms with E-state index in [1.54, 1.807) is 0 Å². The summed E-state index contributed by atoms with van der Waals surface area (Å²) < 4.78 is 0. The van der Waals surface area contributed by atoms with Crippen molar-refractivity contribution >= 4 is 5.97 Å². The van der Waals surface area contributed by atoms with E-state index in [0.717, 1.165) is 19.5 Å². The molecule has 0 radical (unpaired) electrons. The van der Waals surface area contributed by atoms with Crippen LogP contribution >= 0.6 is 0 Å². The first-order valence-electron chi connectivity index (χ1n) is 7.37. The smallest absolute Gasteiger partial charge is 0.306 e. The lowest BCUT2D eigenvalue weighted by Gasteiger charge is -2.53. The van der Waals surface area contributed by atoms with Gasteiger partial charge in [0.25, 0.3) is 0 Å². The molecule has 0 aromatic heterocycles. The van der Waals surface area contributed by atoms with E-state index in [1.807, 2.05) is 6.92 Å². The normalized spacial score (nSPS) is 42.6. The molecule has 2 bridgehead atoms. The maximum Gasteiger partial charge on any atom is 0.306 e. The van der Waals surface area contributed by atoms with Crippen molar-refractivity contribution in [3.63, 3.8) is 0 Å². The first-order chi connectivity index (χ1) is 8.45. The highest BCUT2D eigenvalue weighted by atomic mass is 16.4. The highest BCUT2D eigenvalue weighted by molar-refractivity contribution is 5.70. The number of rotatable bonds is 3. The van der Waals surface area contributed by atoms with Crippen molar-refractivity contribution < 1.29 is 9.90 Å². The molecule has 3 heteroatoms. The van der Waals surface area contributed by atoms with Crippen LogP contribution in [0.5, 0.6) is 0 Å². The molecule has 0 aromatic carbocycles. The zero-order valence-corrected chi connectivity index (χ0v) is 12.1. The summed E-state index contributed by atoms with van der Waals surface area (Å²) in [6, 6.07) is 0. The van der Waals surface area contributed by atoms with Crippen LogP contribution < -0.4 is 0 Å². The molecule has 2 fully saturated rings. The second kappa shape index (κ2) is 5.20. The molecule has 2 rings (SSSR count). The summed E-state index contributed by atoms with van der Waals surface area (Å²) in [7, 11) is 2.18. The number of nitrogens with zero attached hydrogens (tertiary/aromatic N) is 1. The summed E-state index contributed by atoms with van der Waals surface area (Å²) >= 11 is 0. The van der Waals surface area contributed by atoms with E-state index >= 15 is 0 Å². The van der Waals surface area contributed by atoms with Gasteiger partial charge < -0.3 is 10.0 Å². The van der Waals surface area contributed by atoms with Crippen LogP contribution in [-0.2, 0) is 4.79 Å². The number of hydrogen-bond donors (Lipinski definition) is 1. The minimum atomic E-state index is -0.580. The molecule has 5 atom stereocenters. The van der Waals surface area contributed by atoms with E-state index in [-0.39, 0.29) is 5.92 Å². The summed E-state index contributed by atoms with van der Waals surface area (Å²) in [5, 5.41) is 9.51. The third-order valence-corrected chi connectivity index (χ3v) is 5.46. The first kappa shape index (κ1) is 13.9. The molecule has 1 aliphatic carbocycles. The highest BCUT2D eigenvalue weighted by Crippen LogP contribution is 2.49. The molecular weight excluding hydrogens is 226 g/mol. The Morgan fingerprint density at radius 2 is 1.78 bits per heavy atom. The van der Waals surface area contributed by atoms with Crippen molar-refractivity contribution in [2.24, 2.45) is 35.5 Å². The van der Waals surface area contributed by atoms with Gasteiger partial charge in [-0.1, -0.05) is 20.8 Å². The quantitative estimate of drug-likeness (QED) is 0.840. The minimum absolute atomic E-state index is 0.140. The number of piperidine rings is 1. The van der Waals surface area contributed by atoms with Crippen LogP contribution in [0.1, 0.15) is 33.6 Å². The fraction of sp³-hybridized carbons (Fsp3) is 0.933. The lowest BCUT2D eigenvalue weighted by Crippen LogP contribution is -2.55. The molecule has 0 amide bonds. The first-order valence-corrected chi connectivity index (χ1v) is 7.37. The monoisotopic (exact) mass is 253 g/mol. The zero-order valence-electron chi connectivity index (χ0n) is 12.1. The van der Waals surface area contributed by atoms with Crippen LogP contribution in [0.15, 0.2) is 0 Å². The molecule has 1 heterocycles. The molecule has 1 aliphatic heterocycles. The summed E-state index contributed by atoms with van der Waals surface area (Å²) in [5.41, 5.74) is 0. The molecule has 1 saturated heterocycles. The predicted molar refractivity (Wildman–Crippen MR) is 72.3 cm³/mol. The Hall–Kier alpha value is -0.570. The van der Waals surface area contributed by atoms with Gasteiger partial charge >= 0.3 is 5.97 Å². The second-order valence-corrected chi connectivity index (χ2v) is 6.67. The third-order valence-electron chi connectivity index (χ3n) is 5.46. The van der Waals surface area contributed by atoms with Crippen molar-refractivity contribution in [2.75, 3.05) is 20.1 Å². The second-order valence-electron chi connectivity index (χ2n) is 6.67. The van der Waals surface area contributed by atoms with E-state index < -0.39 is 5.97 Å². The summed E-state index contributed by atoms with van der Waals surface area (Å²) in [5.74, 6) is 2.15. The number of hydrogen-bond acceptors (Lipinski definition) is 2. The molecule has 0 spiro atoms. The fourth-order valence-electron chi connectivity index (χ4n) is 4.62. The van der Waals surface area contributed by atoms with Crippen molar-refractivity contribution in [2.45, 2.75) is 33.6 Å². The van der Waals surface area contributed by atoms with Crippen LogP contribution in [0.25, 0.3) is 0 Å². The number of carbonyl (C=O) groups is 1. The van der Waals surface area contributed by atoms with E-state index in [4.69, 9.17) is 0 Å². The lowest BCUT2D eigenvalue weighted by atomic mass is 9.56. The average molecular weight is 253 g/mol. The van der Waals surface area contributed by atoms with Crippen LogP contribution in [0.3, 0.4) is 0 Å². The van der Waals surface area contributed by atoms with Gasteiger partial charge in [0.1, 0.15) is 0 Å². The molecule has 1 saturated carbocycles. The standard InChI is InChI=1S/C15H27NO2/c1-5-11(15(17)18)14-12-7-16(4)8-13(14)10(3)6-9(12)2/h9-14H,5-8H2,1-4H3,(H,17,18)/t9-,10-,11?,12?,13?,14?/m1/s1. The number of aliphatic carboxylic acids is 1. The SMILES string of the molecule is CCC(C(=O)O)C1C2CN(C)CC1[C@H](C)C[C@H]2C. The van der Waals surface area contributed by atoms with Gasteiger partial charge in [-0.05, 0) is 49.5 Å². The zero-order chi connectivity index (χ0) is 13.4. The third kappa shape index (κ3) is 2.29. The fourth-order valence-corrected chi connectivity index (χ4v) is 4.62. The molecule has 104 valence electrons. The Labute approximate surface area is 111 Å². The van der Waals surface area contributed by atoms with Gasteiger partial charge in [0.15, 0.2) is 0 Å². The Morgan fingerprint density at radius 1 is 1.28 bits per heavy atom. The maximum atomic E-state index is 11.5. The Kier molecular flexibility index (Phi) is 4.00. The molecule has 2 aliphatic rings. The van der Waals surface area contributed by atoms with Crippen LogP contribution in [0, 0.1) is 35.5 Å². The molecule has 3 unspecified atom stereocenters. The number of carboxylic acid groups (broad SMARTS) is 1. The summed E-state index contributed by atoms with van der Waals surface area (Å²) in [6.45, 7) is 8.83. The van der Waals surface area contributed by atoms with Gasteiger partial charge in [0.2, 0.25) is 0 Å². The van der Waals surface area contributed by atoms with E-state index in [1.165, 1.54) is 6.42 Å². The van der Waals surface area contributed by atoms with Crippen LogP contribution in [0.2, 0.25) is 0 Å². The number of fused-ring (bicyclic) bond motifs is 2. The van der Waals surface area contributed by atoms with Gasteiger partial charge in [-0.2, -0.15) is 0 Å². The largest absolute Gasteiger partial charge is 0.481 e. The van der Waals surface area contributed by atoms with E-state index in [0.29, 0.717) is 29.6 Å². The topological polar surface area (TPSA) is 40.5 Å². The summed E-state index contributed by atoms with van der Waals surface area (Å²) in [6.07, 6.45) is 2.05. The molecule has 18 heavy (non-hydrogen) atoms. The van der Waals surface area contributed by atoms with Gasteiger partial charge in [0.05, 0.1) is 5.92 Å². The summed E-state index contributed by atoms with van der Waals surface area (Å²) in [4.78, 5) is 14.0. The Balaban J connectivity index is 2.29. The van der Waals surface area contributed by atoms with Crippen molar-refractivity contribution in [1.29, 1.82) is 0 Å². The lowest BCUT2D eigenvalue weighted by molar-refractivity contribution is -0.151. The highest BCUT2D eigenvalue weighted by Gasteiger charge is 2.49. The van der Waals surface area contributed by atoms with Gasteiger partial charge in [-0.3, -0.25) is 4.79 Å². The van der Waals surface area contributed by atoms with Crippen molar-refractivity contribution in [1.82, 2.24) is 4.90 Å². The molecule has 1 N–H and O–H groups in total. The molecule has 3 nitrogen and oxygen atoms in total. The van der Waals surface area contributed by atoms with Gasteiger partial charge in [-0.25, -0.2) is 0 Å². The van der Waals surface area contributed by atoms with Crippen LogP contribution in [-0.4, -0.2) is 36.1 Å². The molecule has 0 aromatic rings. The Bertz CT molecular complexity index is 300. The van der Waals surface area contributed by atoms with Crippen molar-refractivity contribution in [3.05, 3.63) is 0 Å². The minimum Gasteiger partial charge on any atom is -0.481 e. The Morgan fingerprint density at radius 3 is 2.17 bits per heavy atom. The molecular formula is C15H27NO2. The number of carboxylic acids is 1. The van der Waals surface area contributed by atoms with E-state index in [2.05, 4.69) is 25.8 Å². The van der Waals surface area contributed by atoms with Crippen molar-refractivity contribution in [3.8, 4) is 0 Å².